The maximum atomic E-state index is 12.1. The Morgan fingerprint density at radius 1 is 1.44 bits per heavy atom. The fourth-order valence-electron chi connectivity index (χ4n) is 1.67. The molecule has 3 nitrogen and oxygen atoms in total. The quantitative estimate of drug-likeness (QED) is 0.765. The third kappa shape index (κ3) is 2.55. The van der Waals surface area contributed by atoms with Crippen LogP contribution in [0.1, 0.15) is 23.2 Å². The van der Waals surface area contributed by atoms with Crippen LogP contribution in [0.4, 0.5) is 0 Å². The van der Waals surface area contributed by atoms with Crippen LogP contribution in [-0.4, -0.2) is 29.7 Å². The second kappa shape index (κ2) is 4.98. The van der Waals surface area contributed by atoms with Crippen LogP contribution >= 0.6 is 43.2 Å². The summed E-state index contributed by atoms with van der Waals surface area (Å²) < 4.78 is 1.72. The molecule has 1 fully saturated rings. The van der Waals surface area contributed by atoms with Crippen molar-refractivity contribution >= 4 is 54.9 Å². The van der Waals surface area contributed by atoms with Gasteiger partial charge in [0.1, 0.15) is 0 Å². The molecular formula is C10H9Br2NO2S. The molecule has 0 bridgehead atoms. The molecule has 1 saturated heterocycles. The summed E-state index contributed by atoms with van der Waals surface area (Å²) in [5, 5.41) is 0. The van der Waals surface area contributed by atoms with Crippen LogP contribution in [0.2, 0.25) is 0 Å². The monoisotopic (exact) mass is 365 g/mol. The van der Waals surface area contributed by atoms with Crippen LogP contribution in [-0.2, 0) is 4.79 Å². The lowest BCUT2D eigenvalue weighted by molar-refractivity contribution is -0.121. The fraction of sp³-hybridized carbons (Fsp3) is 0.400. The molecule has 0 aliphatic carbocycles. The molecule has 16 heavy (non-hydrogen) atoms. The normalized spacial score (nSPS) is 16.6. The van der Waals surface area contributed by atoms with E-state index in [2.05, 4.69) is 31.9 Å². The predicted octanol–water partition coefficient (Wildman–Crippen LogP) is 3.08. The molecule has 1 aliphatic heterocycles. The van der Waals surface area contributed by atoms with Gasteiger partial charge in [-0.15, -0.1) is 11.3 Å². The van der Waals surface area contributed by atoms with Crippen molar-refractivity contribution in [1.82, 2.24) is 4.90 Å². The van der Waals surface area contributed by atoms with E-state index in [0.717, 1.165) is 14.0 Å². The van der Waals surface area contributed by atoms with Crippen molar-refractivity contribution in [1.29, 1.82) is 0 Å². The topological polar surface area (TPSA) is 37.4 Å². The van der Waals surface area contributed by atoms with E-state index in [1.165, 1.54) is 11.3 Å². The van der Waals surface area contributed by atoms with E-state index >= 15 is 0 Å². The van der Waals surface area contributed by atoms with Gasteiger partial charge in [0.15, 0.2) is 5.78 Å². The Labute approximate surface area is 114 Å². The lowest BCUT2D eigenvalue weighted by Gasteiger charge is -2.25. The summed E-state index contributed by atoms with van der Waals surface area (Å²) in [4.78, 5) is 25.0. The molecular weight excluding hydrogens is 358 g/mol. The summed E-state index contributed by atoms with van der Waals surface area (Å²) in [5.41, 5.74) is 0.631. The minimum atomic E-state index is -0.0677. The average molecular weight is 367 g/mol. The maximum Gasteiger partial charge on any atom is 0.256 e. The Balaban J connectivity index is 2.18. The van der Waals surface area contributed by atoms with Gasteiger partial charge in [-0.3, -0.25) is 9.59 Å². The first-order chi connectivity index (χ1) is 7.58. The third-order valence-electron chi connectivity index (χ3n) is 2.43. The van der Waals surface area contributed by atoms with Gasteiger partial charge >= 0.3 is 0 Å². The molecule has 1 aliphatic rings. The number of halogens is 2. The molecule has 6 heteroatoms. The second-order valence-electron chi connectivity index (χ2n) is 3.61. The summed E-state index contributed by atoms with van der Waals surface area (Å²) >= 11 is 8.16. The minimum absolute atomic E-state index is 0.0677. The van der Waals surface area contributed by atoms with Gasteiger partial charge in [-0.2, -0.15) is 0 Å². The van der Waals surface area contributed by atoms with Crippen LogP contribution in [0.3, 0.4) is 0 Å². The summed E-state index contributed by atoms with van der Waals surface area (Å²) in [5.74, 6) is 0.0758. The van der Waals surface area contributed by atoms with Crippen LogP contribution in [0.25, 0.3) is 0 Å². The van der Waals surface area contributed by atoms with Gasteiger partial charge in [-0.05, 0) is 44.3 Å². The lowest BCUT2D eigenvalue weighted by Crippen LogP contribution is -2.40. The zero-order valence-corrected chi connectivity index (χ0v) is 12.3. The van der Waals surface area contributed by atoms with Crippen molar-refractivity contribution in [3.8, 4) is 0 Å². The Hall–Kier alpha value is -0.200. The molecule has 1 aromatic rings. The fourth-order valence-corrected chi connectivity index (χ4v) is 4.45. The number of thiophene rings is 1. The first-order valence-corrected chi connectivity index (χ1v) is 7.24. The van der Waals surface area contributed by atoms with Crippen molar-refractivity contribution in [3.63, 3.8) is 0 Å². The highest BCUT2D eigenvalue weighted by molar-refractivity contribution is 9.12. The molecule has 0 spiro atoms. The third-order valence-corrected chi connectivity index (χ3v) is 4.76. The summed E-state index contributed by atoms with van der Waals surface area (Å²) in [7, 11) is 0. The van der Waals surface area contributed by atoms with Crippen molar-refractivity contribution in [2.45, 2.75) is 12.8 Å². The standard InChI is InChI=1S/C10H9Br2NO2S/c11-8-4-7(9(12)16-8)10(15)13-3-1-2-6(14)5-13/h4H,1-3,5H2. The van der Waals surface area contributed by atoms with E-state index in [-0.39, 0.29) is 18.2 Å². The molecule has 1 amide bonds. The van der Waals surface area contributed by atoms with Gasteiger partial charge in [-0.1, -0.05) is 0 Å². The summed E-state index contributed by atoms with van der Waals surface area (Å²) in [6.07, 6.45) is 1.37. The van der Waals surface area contributed by atoms with Crippen molar-refractivity contribution < 1.29 is 9.59 Å². The van der Waals surface area contributed by atoms with Gasteiger partial charge in [-0.25, -0.2) is 0 Å². The number of piperidine rings is 1. The Bertz CT molecular complexity index is 444. The lowest BCUT2D eigenvalue weighted by atomic mass is 10.1. The zero-order valence-electron chi connectivity index (χ0n) is 8.33. The molecule has 0 N–H and O–H groups in total. The molecule has 0 aromatic carbocycles. The first kappa shape index (κ1) is 12.3. The van der Waals surface area contributed by atoms with Crippen LogP contribution in [0.5, 0.6) is 0 Å². The van der Waals surface area contributed by atoms with Crippen LogP contribution in [0.15, 0.2) is 13.6 Å². The second-order valence-corrected chi connectivity index (χ2v) is 7.36. The minimum Gasteiger partial charge on any atom is -0.331 e. The van der Waals surface area contributed by atoms with E-state index in [0.29, 0.717) is 18.5 Å². The molecule has 0 saturated carbocycles. The average Bonchev–Trinajstić information content (AvgIpc) is 2.57. The smallest absolute Gasteiger partial charge is 0.256 e. The molecule has 0 atom stereocenters. The number of carbonyl (C=O) groups excluding carboxylic acids is 2. The predicted molar refractivity (Wildman–Crippen MR) is 69.9 cm³/mol. The highest BCUT2D eigenvalue weighted by atomic mass is 79.9. The van der Waals surface area contributed by atoms with E-state index < -0.39 is 0 Å². The molecule has 2 rings (SSSR count). The zero-order chi connectivity index (χ0) is 11.7. The van der Waals surface area contributed by atoms with Crippen LogP contribution in [0, 0.1) is 0 Å². The van der Waals surface area contributed by atoms with Crippen molar-refractivity contribution in [3.05, 3.63) is 19.2 Å². The first-order valence-electron chi connectivity index (χ1n) is 4.83. The number of ketones is 1. The molecule has 1 aromatic heterocycles. The Morgan fingerprint density at radius 3 is 2.75 bits per heavy atom. The molecule has 0 radical (unpaired) electrons. The molecule has 86 valence electrons. The number of carbonyl (C=O) groups is 2. The number of nitrogens with zero attached hydrogens (tertiary/aromatic N) is 1. The highest BCUT2D eigenvalue weighted by Gasteiger charge is 2.24. The van der Waals surface area contributed by atoms with Gasteiger partial charge in [0.05, 0.1) is 19.7 Å². The number of hydrogen-bond donors (Lipinski definition) is 0. The van der Waals surface area contributed by atoms with E-state index in [1.54, 1.807) is 11.0 Å². The van der Waals surface area contributed by atoms with Crippen molar-refractivity contribution in [2.24, 2.45) is 0 Å². The largest absolute Gasteiger partial charge is 0.331 e. The van der Waals surface area contributed by atoms with E-state index in [1.807, 2.05) is 0 Å². The van der Waals surface area contributed by atoms with E-state index in [4.69, 9.17) is 0 Å². The van der Waals surface area contributed by atoms with Gasteiger partial charge < -0.3 is 4.90 Å². The highest BCUT2D eigenvalue weighted by Crippen LogP contribution is 2.32. The Kier molecular flexibility index (Phi) is 3.81. The van der Waals surface area contributed by atoms with Gasteiger partial charge in [0.25, 0.3) is 5.91 Å². The maximum absolute atomic E-state index is 12.1. The summed E-state index contributed by atoms with van der Waals surface area (Å²) in [6, 6.07) is 1.79. The van der Waals surface area contributed by atoms with Gasteiger partial charge in [0, 0.05) is 13.0 Å². The molecule has 0 unspecified atom stereocenters. The van der Waals surface area contributed by atoms with Crippen molar-refractivity contribution in [2.75, 3.05) is 13.1 Å². The number of amides is 1. The number of rotatable bonds is 1. The number of Topliss-reactive ketones (excluding diaryl/α,β-unsaturated/α-hetero) is 1. The SMILES string of the molecule is O=C1CCCN(C(=O)c2cc(Br)sc2Br)C1. The molecule has 2 heterocycles. The van der Waals surface area contributed by atoms with Crippen LogP contribution < -0.4 is 0 Å². The Morgan fingerprint density at radius 2 is 2.19 bits per heavy atom. The number of hydrogen-bond acceptors (Lipinski definition) is 3. The number of likely N-dealkylation sites (tertiary alicyclic amines) is 1. The summed E-state index contributed by atoms with van der Waals surface area (Å²) in [6.45, 7) is 0.920. The van der Waals surface area contributed by atoms with E-state index in [9.17, 15) is 9.59 Å². The van der Waals surface area contributed by atoms with Gasteiger partial charge in [0.2, 0.25) is 0 Å².